The van der Waals surface area contributed by atoms with E-state index < -0.39 is 10.8 Å². The van der Waals surface area contributed by atoms with Crippen molar-refractivity contribution in [2.75, 3.05) is 24.8 Å². The van der Waals surface area contributed by atoms with Crippen LogP contribution in [0.15, 0.2) is 29.2 Å². The Morgan fingerprint density at radius 3 is 2.71 bits per heavy atom. The summed E-state index contributed by atoms with van der Waals surface area (Å²) in [6, 6.07) is 7.84. The molecule has 2 rings (SSSR count). The molecule has 0 unspecified atom stereocenters. The van der Waals surface area contributed by atoms with Gasteiger partial charge in [-0.3, -0.25) is 4.21 Å². The van der Waals surface area contributed by atoms with Gasteiger partial charge in [-0.1, -0.05) is 12.1 Å². The van der Waals surface area contributed by atoms with E-state index in [1.165, 1.54) is 12.2 Å². The Hall–Kier alpha value is -1.01. The maximum Gasteiger partial charge on any atom is 0.317 e. The number of hydrogen-bond donors (Lipinski definition) is 1. The van der Waals surface area contributed by atoms with E-state index in [0.29, 0.717) is 12.6 Å². The first-order valence-electron chi connectivity index (χ1n) is 7.08. The molecule has 6 heteroatoms. The van der Waals surface area contributed by atoms with Crippen LogP contribution in [-0.4, -0.2) is 46.0 Å². The molecule has 4 nitrogen and oxygen atoms in total. The zero-order valence-electron chi connectivity index (χ0n) is 12.5. The lowest BCUT2D eigenvalue weighted by Crippen LogP contribution is -2.44. The summed E-state index contributed by atoms with van der Waals surface area (Å²) in [5.41, 5.74) is 1.04. The molecular formula is C15H22N2O2S2. The van der Waals surface area contributed by atoms with E-state index in [1.807, 2.05) is 36.0 Å². The van der Waals surface area contributed by atoms with Gasteiger partial charge < -0.3 is 10.2 Å². The van der Waals surface area contributed by atoms with E-state index in [-0.39, 0.29) is 6.03 Å². The predicted octanol–water partition coefficient (Wildman–Crippen LogP) is 2.46. The Labute approximate surface area is 133 Å². The summed E-state index contributed by atoms with van der Waals surface area (Å²) >= 11 is 1.90. The lowest BCUT2D eigenvalue weighted by atomic mass is 10.2. The second-order valence-corrected chi connectivity index (χ2v) is 7.85. The largest absolute Gasteiger partial charge is 0.334 e. The maximum absolute atomic E-state index is 12.1. The van der Waals surface area contributed by atoms with Crippen molar-refractivity contribution in [3.05, 3.63) is 29.8 Å². The molecule has 21 heavy (non-hydrogen) atoms. The summed E-state index contributed by atoms with van der Waals surface area (Å²) in [7, 11) is 0.844. The molecule has 116 valence electrons. The molecule has 1 heterocycles. The first kappa shape index (κ1) is 16.4. The highest BCUT2D eigenvalue weighted by Gasteiger charge is 2.18. The molecule has 2 atom stereocenters. The molecule has 0 aliphatic carbocycles. The molecule has 1 saturated heterocycles. The third-order valence-electron chi connectivity index (χ3n) is 3.51. The van der Waals surface area contributed by atoms with Gasteiger partial charge in [0, 0.05) is 47.3 Å². The fraction of sp³-hybridized carbons (Fsp3) is 0.533. The van der Waals surface area contributed by atoms with Crippen LogP contribution in [0.3, 0.4) is 0 Å². The molecule has 1 N–H and O–H groups in total. The van der Waals surface area contributed by atoms with E-state index in [2.05, 4.69) is 5.32 Å². The number of nitrogens with one attached hydrogen (secondary N) is 1. The number of amides is 2. The van der Waals surface area contributed by atoms with Gasteiger partial charge in [-0.25, -0.2) is 4.79 Å². The second-order valence-electron chi connectivity index (χ2n) is 5.32. The van der Waals surface area contributed by atoms with E-state index in [9.17, 15) is 9.00 Å². The summed E-state index contributed by atoms with van der Waals surface area (Å²) in [5.74, 6) is 2.21. The highest BCUT2D eigenvalue weighted by Crippen LogP contribution is 2.17. The third-order valence-corrected chi connectivity index (χ3v) is 5.66. The van der Waals surface area contributed by atoms with Crippen molar-refractivity contribution in [3.8, 4) is 0 Å². The minimum absolute atomic E-state index is 0.0226. The van der Waals surface area contributed by atoms with Gasteiger partial charge in [-0.15, -0.1) is 0 Å². The lowest BCUT2D eigenvalue weighted by Gasteiger charge is -2.26. The first-order chi connectivity index (χ1) is 10.1. The molecule has 0 bridgehead atoms. The van der Waals surface area contributed by atoms with E-state index in [4.69, 9.17) is 0 Å². The van der Waals surface area contributed by atoms with Crippen LogP contribution in [0.25, 0.3) is 0 Å². The summed E-state index contributed by atoms with van der Waals surface area (Å²) in [6.45, 7) is 0.558. The Bertz CT molecular complexity index is 499. The van der Waals surface area contributed by atoms with Crippen molar-refractivity contribution in [2.45, 2.75) is 30.3 Å². The zero-order valence-corrected chi connectivity index (χ0v) is 14.1. The number of carbonyl (C=O) groups is 1. The number of hydrogen-bond acceptors (Lipinski definition) is 3. The molecule has 0 aromatic heterocycles. The van der Waals surface area contributed by atoms with Gasteiger partial charge in [0.15, 0.2) is 0 Å². The highest BCUT2D eigenvalue weighted by molar-refractivity contribution is 7.99. The van der Waals surface area contributed by atoms with Crippen molar-refractivity contribution in [1.29, 1.82) is 0 Å². The monoisotopic (exact) mass is 326 g/mol. The minimum Gasteiger partial charge on any atom is -0.334 e. The molecule has 1 aliphatic heterocycles. The van der Waals surface area contributed by atoms with Crippen LogP contribution in [-0.2, 0) is 17.3 Å². The third kappa shape index (κ3) is 5.04. The Balaban J connectivity index is 1.86. The van der Waals surface area contributed by atoms with Crippen LogP contribution >= 0.6 is 11.8 Å². The van der Waals surface area contributed by atoms with Crippen LogP contribution in [0.2, 0.25) is 0 Å². The van der Waals surface area contributed by atoms with Crippen molar-refractivity contribution in [2.24, 2.45) is 0 Å². The van der Waals surface area contributed by atoms with E-state index in [0.717, 1.165) is 22.6 Å². The number of nitrogens with zero attached hydrogens (tertiary/aromatic N) is 1. The Morgan fingerprint density at radius 2 is 2.14 bits per heavy atom. The standard InChI is InChI=1S/C15H22N2O2S2/c1-17(15(18)16-13-4-3-9-20-11-13)10-12-5-7-14(8-6-12)21(2)19/h5-8,13H,3-4,9-11H2,1-2H3,(H,16,18)/t13-,21-/m1/s1. The summed E-state index contributed by atoms with van der Waals surface area (Å²) in [4.78, 5) is 14.6. The lowest BCUT2D eigenvalue weighted by molar-refractivity contribution is 0.203. The van der Waals surface area contributed by atoms with Crippen LogP contribution in [0, 0.1) is 0 Å². The van der Waals surface area contributed by atoms with Crippen LogP contribution < -0.4 is 5.32 Å². The minimum atomic E-state index is -0.959. The molecule has 0 radical (unpaired) electrons. The molecule has 1 fully saturated rings. The van der Waals surface area contributed by atoms with Crippen molar-refractivity contribution >= 4 is 28.6 Å². The Morgan fingerprint density at radius 1 is 1.43 bits per heavy atom. The highest BCUT2D eigenvalue weighted by atomic mass is 32.2. The fourth-order valence-corrected chi connectivity index (χ4v) is 3.86. The smallest absolute Gasteiger partial charge is 0.317 e. The first-order valence-corrected chi connectivity index (χ1v) is 9.79. The van der Waals surface area contributed by atoms with Gasteiger partial charge in [0.25, 0.3) is 0 Å². The number of rotatable bonds is 4. The number of thioether (sulfide) groups is 1. The van der Waals surface area contributed by atoms with E-state index in [1.54, 1.807) is 18.2 Å². The quantitative estimate of drug-likeness (QED) is 0.925. The summed E-state index contributed by atoms with van der Waals surface area (Å²) in [5, 5.41) is 3.09. The second kappa shape index (κ2) is 7.84. The van der Waals surface area contributed by atoms with Crippen LogP contribution in [0.4, 0.5) is 4.79 Å². The average Bonchev–Trinajstić information content (AvgIpc) is 2.48. The van der Waals surface area contributed by atoms with Gasteiger partial charge in [-0.2, -0.15) is 11.8 Å². The SMILES string of the molecule is CN(Cc1ccc([S@@](C)=O)cc1)C(=O)N[C@@H]1CCCSC1. The molecule has 0 saturated carbocycles. The van der Waals surface area contributed by atoms with Gasteiger partial charge in [-0.05, 0) is 36.3 Å². The van der Waals surface area contributed by atoms with Crippen LogP contribution in [0.1, 0.15) is 18.4 Å². The molecular weight excluding hydrogens is 304 g/mol. The summed E-state index contributed by atoms with van der Waals surface area (Å²) in [6.07, 6.45) is 3.91. The van der Waals surface area contributed by atoms with Crippen LogP contribution in [0.5, 0.6) is 0 Å². The zero-order chi connectivity index (χ0) is 15.2. The molecule has 1 aromatic rings. The van der Waals surface area contributed by atoms with Crippen molar-refractivity contribution < 1.29 is 9.00 Å². The molecule has 2 amide bonds. The predicted molar refractivity (Wildman–Crippen MR) is 89.1 cm³/mol. The Kier molecular flexibility index (Phi) is 6.11. The number of urea groups is 1. The van der Waals surface area contributed by atoms with E-state index >= 15 is 0 Å². The normalized spacial score (nSPS) is 19.8. The van der Waals surface area contributed by atoms with Gasteiger partial charge in [0.2, 0.25) is 0 Å². The van der Waals surface area contributed by atoms with Crippen molar-refractivity contribution in [3.63, 3.8) is 0 Å². The van der Waals surface area contributed by atoms with Gasteiger partial charge in [0.05, 0.1) is 0 Å². The van der Waals surface area contributed by atoms with Gasteiger partial charge >= 0.3 is 6.03 Å². The molecule has 1 aliphatic rings. The maximum atomic E-state index is 12.1. The average molecular weight is 326 g/mol. The fourth-order valence-electron chi connectivity index (χ4n) is 2.27. The topological polar surface area (TPSA) is 49.4 Å². The summed E-state index contributed by atoms with van der Waals surface area (Å²) < 4.78 is 11.3. The number of benzene rings is 1. The van der Waals surface area contributed by atoms with Crippen molar-refractivity contribution in [1.82, 2.24) is 10.2 Å². The van der Waals surface area contributed by atoms with Gasteiger partial charge in [0.1, 0.15) is 0 Å². The molecule has 0 spiro atoms. The molecule has 1 aromatic carbocycles. The number of carbonyl (C=O) groups excluding carboxylic acids is 1.